The molecule has 39 heavy (non-hydrogen) atoms. The van der Waals surface area contributed by atoms with Crippen LogP contribution in [0.1, 0.15) is 44.9 Å². The molecule has 0 bridgehead atoms. The average Bonchev–Trinajstić information content (AvgIpc) is 3.28. The fraction of sp³-hybridized carbons (Fsp3) is 0.300. The van der Waals surface area contributed by atoms with E-state index in [1.807, 2.05) is 0 Å². The van der Waals surface area contributed by atoms with E-state index in [0.29, 0.717) is 0 Å². The zero-order valence-electron chi connectivity index (χ0n) is 21.3. The van der Waals surface area contributed by atoms with E-state index in [1.165, 1.54) is 0 Å². The zero-order chi connectivity index (χ0) is 27.6. The summed E-state index contributed by atoms with van der Waals surface area (Å²) in [6.07, 6.45) is -7.69. The third kappa shape index (κ3) is 5.70. The highest BCUT2D eigenvalue weighted by Crippen LogP contribution is 2.41. The molecule has 3 aromatic carbocycles. The van der Waals surface area contributed by atoms with Gasteiger partial charge in [-0.2, -0.15) is 0 Å². The molecule has 9 heteroatoms. The summed E-state index contributed by atoms with van der Waals surface area (Å²) in [5.74, 6) is -3.35. The number of carbonyl (C=O) groups is 3. The molecule has 2 aliphatic rings. The maximum Gasteiger partial charge on any atom is 0.338 e. The molecule has 1 N–H and O–H groups in total. The van der Waals surface area contributed by atoms with Crippen LogP contribution in [0.2, 0.25) is 0 Å². The molecule has 0 unspecified atom stereocenters. The number of rotatable bonds is 6. The summed E-state index contributed by atoms with van der Waals surface area (Å²) in [6.45, 7) is 3.30. The molecule has 1 aliphatic heterocycles. The highest BCUT2D eigenvalue weighted by Gasteiger charge is 2.62. The molecule has 9 nitrogen and oxygen atoms in total. The predicted molar refractivity (Wildman–Crippen MR) is 137 cm³/mol. The molecule has 3 aromatic rings. The maximum atomic E-state index is 13.1. The Morgan fingerprint density at radius 3 is 1.33 bits per heavy atom. The topological polar surface area (TPSA) is 118 Å². The van der Waals surface area contributed by atoms with E-state index in [4.69, 9.17) is 23.7 Å². The minimum atomic E-state index is -1.61. The number of carbonyl (C=O) groups excluding carboxylic acids is 3. The second-order valence-corrected chi connectivity index (χ2v) is 9.76. The SMILES string of the molecule is CC1(C)O[C@H]2[C@@H](OC(=O)c3ccccc3)[C@H](OC(=O)c3ccccc3)[C@@H](O)[C@H](OC(=O)c3ccccc3)[C@H]2O1. The maximum absolute atomic E-state index is 13.1. The second kappa shape index (κ2) is 11.0. The summed E-state index contributed by atoms with van der Waals surface area (Å²) in [5.41, 5.74) is 0.740. The standard InChI is InChI=1S/C30H28O9/c1-30(2)38-25-23(36-28(33)19-14-8-4-9-15-19)21(31)22(35-27(32)18-12-6-3-7-13-18)24(26(25)39-30)37-29(34)20-16-10-5-11-17-20/h3-17,21-26,31H,1-2H3/t21-,22-,23+,24+,25-,26+/m1/s1. The quantitative estimate of drug-likeness (QED) is 0.376. The van der Waals surface area contributed by atoms with Crippen molar-refractivity contribution in [3.63, 3.8) is 0 Å². The van der Waals surface area contributed by atoms with Crippen molar-refractivity contribution in [3.05, 3.63) is 108 Å². The summed E-state index contributed by atoms with van der Waals surface area (Å²) in [7, 11) is 0. The van der Waals surface area contributed by atoms with Crippen LogP contribution >= 0.6 is 0 Å². The summed E-state index contributed by atoms with van der Waals surface area (Å²) in [5, 5.41) is 11.5. The van der Waals surface area contributed by atoms with Crippen LogP contribution in [0.15, 0.2) is 91.0 Å². The fourth-order valence-corrected chi connectivity index (χ4v) is 4.79. The lowest BCUT2D eigenvalue weighted by Gasteiger charge is -2.43. The van der Waals surface area contributed by atoms with E-state index in [9.17, 15) is 19.5 Å². The molecule has 202 valence electrons. The van der Waals surface area contributed by atoms with E-state index in [-0.39, 0.29) is 16.7 Å². The first-order chi connectivity index (χ1) is 18.7. The molecule has 1 aliphatic carbocycles. The van der Waals surface area contributed by atoms with Gasteiger partial charge in [0.05, 0.1) is 16.7 Å². The van der Waals surface area contributed by atoms with Gasteiger partial charge < -0.3 is 28.8 Å². The Hall–Kier alpha value is -4.05. The van der Waals surface area contributed by atoms with Crippen molar-refractivity contribution in [2.75, 3.05) is 0 Å². The Bertz CT molecular complexity index is 1310. The Morgan fingerprint density at radius 2 is 0.923 bits per heavy atom. The van der Waals surface area contributed by atoms with Gasteiger partial charge >= 0.3 is 17.9 Å². The van der Waals surface area contributed by atoms with E-state index in [1.54, 1.807) is 105 Å². The molecule has 1 saturated heterocycles. The van der Waals surface area contributed by atoms with Crippen molar-refractivity contribution in [3.8, 4) is 0 Å². The summed E-state index contributed by atoms with van der Waals surface area (Å²) >= 11 is 0. The first-order valence-corrected chi connectivity index (χ1v) is 12.6. The van der Waals surface area contributed by atoms with Crippen LogP contribution in [0.5, 0.6) is 0 Å². The molecular formula is C30H28O9. The molecular weight excluding hydrogens is 504 g/mol. The van der Waals surface area contributed by atoms with Crippen LogP contribution in [0.25, 0.3) is 0 Å². The molecule has 0 radical (unpaired) electrons. The van der Waals surface area contributed by atoms with E-state index in [0.717, 1.165) is 0 Å². The van der Waals surface area contributed by atoms with Crippen molar-refractivity contribution in [1.82, 2.24) is 0 Å². The molecule has 0 spiro atoms. The number of esters is 3. The van der Waals surface area contributed by atoms with Gasteiger partial charge in [-0.15, -0.1) is 0 Å². The molecule has 0 aromatic heterocycles. The summed E-state index contributed by atoms with van der Waals surface area (Å²) in [4.78, 5) is 39.1. The van der Waals surface area contributed by atoms with Gasteiger partial charge in [0.25, 0.3) is 0 Å². The highest BCUT2D eigenvalue weighted by molar-refractivity contribution is 5.91. The zero-order valence-corrected chi connectivity index (χ0v) is 21.3. The van der Waals surface area contributed by atoms with Gasteiger partial charge in [0.1, 0.15) is 18.3 Å². The number of ether oxygens (including phenoxy) is 5. The third-order valence-corrected chi connectivity index (χ3v) is 6.57. The Kier molecular flexibility index (Phi) is 7.47. The molecule has 0 amide bonds. The van der Waals surface area contributed by atoms with Gasteiger partial charge in [-0.3, -0.25) is 0 Å². The molecule has 5 rings (SSSR count). The van der Waals surface area contributed by atoms with Gasteiger partial charge in [-0.25, -0.2) is 14.4 Å². The van der Waals surface area contributed by atoms with Gasteiger partial charge in [-0.05, 0) is 50.2 Å². The minimum Gasteiger partial charge on any atom is -0.453 e. The van der Waals surface area contributed by atoms with E-state index < -0.39 is 60.3 Å². The van der Waals surface area contributed by atoms with Crippen molar-refractivity contribution >= 4 is 17.9 Å². The molecule has 1 saturated carbocycles. The van der Waals surface area contributed by atoms with Crippen molar-refractivity contribution < 1.29 is 43.2 Å². The van der Waals surface area contributed by atoms with Crippen LogP contribution < -0.4 is 0 Å². The van der Waals surface area contributed by atoms with Crippen molar-refractivity contribution in [1.29, 1.82) is 0 Å². The average molecular weight is 533 g/mol. The van der Waals surface area contributed by atoms with Crippen molar-refractivity contribution in [2.45, 2.75) is 56.3 Å². The molecule has 2 fully saturated rings. The lowest BCUT2D eigenvalue weighted by atomic mass is 9.84. The van der Waals surface area contributed by atoms with Crippen LogP contribution in [0, 0.1) is 0 Å². The minimum absolute atomic E-state index is 0.224. The van der Waals surface area contributed by atoms with Crippen molar-refractivity contribution in [2.24, 2.45) is 0 Å². The predicted octanol–water partition coefficient (Wildman–Crippen LogP) is 3.56. The first kappa shape index (κ1) is 26.6. The lowest BCUT2D eigenvalue weighted by molar-refractivity contribution is -0.194. The Morgan fingerprint density at radius 1 is 0.590 bits per heavy atom. The number of hydrogen-bond acceptors (Lipinski definition) is 9. The van der Waals surface area contributed by atoms with Gasteiger partial charge in [0.2, 0.25) is 0 Å². The number of benzene rings is 3. The lowest BCUT2D eigenvalue weighted by Crippen LogP contribution is -2.65. The Balaban J connectivity index is 1.49. The fourth-order valence-electron chi connectivity index (χ4n) is 4.79. The largest absolute Gasteiger partial charge is 0.453 e. The van der Waals surface area contributed by atoms with Crippen LogP contribution in [0.3, 0.4) is 0 Å². The van der Waals surface area contributed by atoms with Gasteiger partial charge in [0.15, 0.2) is 24.1 Å². The second-order valence-electron chi connectivity index (χ2n) is 9.76. The van der Waals surface area contributed by atoms with Crippen LogP contribution in [0.4, 0.5) is 0 Å². The molecule has 6 atom stereocenters. The number of aliphatic hydroxyl groups is 1. The third-order valence-electron chi connectivity index (χ3n) is 6.57. The smallest absolute Gasteiger partial charge is 0.338 e. The summed E-state index contributed by atoms with van der Waals surface area (Å²) in [6, 6.07) is 24.7. The van der Waals surface area contributed by atoms with Crippen LogP contribution in [-0.2, 0) is 23.7 Å². The Labute approximate surface area is 225 Å². The first-order valence-electron chi connectivity index (χ1n) is 12.6. The monoisotopic (exact) mass is 532 g/mol. The normalized spacial score (nSPS) is 27.2. The molecule has 1 heterocycles. The van der Waals surface area contributed by atoms with E-state index in [2.05, 4.69) is 0 Å². The number of fused-ring (bicyclic) bond motifs is 1. The van der Waals surface area contributed by atoms with E-state index >= 15 is 0 Å². The van der Waals surface area contributed by atoms with Gasteiger partial charge in [-0.1, -0.05) is 54.6 Å². The van der Waals surface area contributed by atoms with Crippen LogP contribution in [-0.4, -0.2) is 65.4 Å². The highest BCUT2D eigenvalue weighted by atomic mass is 16.8. The van der Waals surface area contributed by atoms with Gasteiger partial charge in [0, 0.05) is 0 Å². The number of hydrogen-bond donors (Lipinski definition) is 1. The summed E-state index contributed by atoms with van der Waals surface area (Å²) < 4.78 is 29.4. The number of aliphatic hydroxyl groups excluding tert-OH is 1.